The Balaban J connectivity index is 1.13. The third-order valence-electron chi connectivity index (χ3n) is 10.4. The summed E-state index contributed by atoms with van der Waals surface area (Å²) in [7, 11) is 2.57. The monoisotopic (exact) mass is 816 g/mol. The highest BCUT2D eigenvalue weighted by molar-refractivity contribution is 9.10. The number of nitrogens with zero attached hydrogens (tertiary/aromatic N) is 4. The maximum absolute atomic E-state index is 13.6. The molecule has 4 aromatic rings. The normalized spacial score (nSPS) is 18.1. The Kier molecular flexibility index (Phi) is 12.3. The zero-order valence-corrected chi connectivity index (χ0v) is 33.6. The Labute approximate surface area is 329 Å². The van der Waals surface area contributed by atoms with E-state index in [0.717, 1.165) is 69.8 Å². The molecule has 292 valence electrons. The van der Waals surface area contributed by atoms with Crippen molar-refractivity contribution < 1.29 is 28.7 Å². The summed E-state index contributed by atoms with van der Waals surface area (Å²) in [5, 5.41) is 5.39. The second kappa shape index (κ2) is 17.1. The first-order valence-corrected chi connectivity index (χ1v) is 19.5. The number of rotatable bonds is 11. The van der Waals surface area contributed by atoms with Gasteiger partial charge in [-0.1, -0.05) is 76.2 Å². The van der Waals surface area contributed by atoms with Crippen LogP contribution in [-0.2, 0) is 19.1 Å². The van der Waals surface area contributed by atoms with Gasteiger partial charge in [-0.05, 0) is 70.1 Å². The number of imidazole rings is 2. The number of halogens is 1. The van der Waals surface area contributed by atoms with Gasteiger partial charge in [-0.25, -0.2) is 19.6 Å². The van der Waals surface area contributed by atoms with Crippen LogP contribution >= 0.6 is 15.9 Å². The van der Waals surface area contributed by atoms with Crippen molar-refractivity contribution in [1.82, 2.24) is 40.4 Å². The summed E-state index contributed by atoms with van der Waals surface area (Å²) in [6.45, 7) is 8.76. The van der Waals surface area contributed by atoms with Gasteiger partial charge in [-0.2, -0.15) is 0 Å². The van der Waals surface area contributed by atoms with Crippen LogP contribution in [0.25, 0.3) is 33.6 Å². The molecule has 15 heteroatoms. The molecule has 2 aromatic carbocycles. The summed E-state index contributed by atoms with van der Waals surface area (Å²) < 4.78 is 10.2. The van der Waals surface area contributed by atoms with Crippen LogP contribution in [0.15, 0.2) is 59.3 Å². The lowest BCUT2D eigenvalue weighted by Crippen LogP contribution is -2.51. The molecule has 0 spiro atoms. The highest BCUT2D eigenvalue weighted by Crippen LogP contribution is 2.37. The summed E-state index contributed by atoms with van der Waals surface area (Å²) in [5.41, 5.74) is 5.58. The summed E-state index contributed by atoms with van der Waals surface area (Å²) in [4.78, 5) is 71.0. The minimum Gasteiger partial charge on any atom is -0.453 e. The number of H-pyrrole nitrogens is 2. The molecule has 2 fully saturated rings. The minimum absolute atomic E-state index is 0.107. The number of amides is 4. The number of hydrogen-bond donors (Lipinski definition) is 4. The van der Waals surface area contributed by atoms with E-state index in [2.05, 4.69) is 65.8 Å². The van der Waals surface area contributed by atoms with Gasteiger partial charge < -0.3 is 39.9 Å². The van der Waals surface area contributed by atoms with Gasteiger partial charge in [-0.3, -0.25) is 9.59 Å². The number of alkyl carbamates (subject to hydrolysis) is 2. The SMILES string of the molecule is COC(=O)N[C@H](C(=O)N1CCC[C@H]1c1nc(-c2ccc(-c3ccc(-c4cnc([C@H]5CCCN5C(=O)[C@H](NC(=O)OC)C(C)C)[nH]4)cc3)cc2)c(Br)[nH]1)C(C)C. The number of carbonyl (C=O) groups is 4. The number of aromatic amines is 2. The van der Waals surface area contributed by atoms with Gasteiger partial charge in [-0.15, -0.1) is 0 Å². The fourth-order valence-electron chi connectivity index (χ4n) is 7.42. The maximum atomic E-state index is 13.6. The van der Waals surface area contributed by atoms with Crippen molar-refractivity contribution in [3.63, 3.8) is 0 Å². The molecule has 0 saturated carbocycles. The zero-order chi connectivity index (χ0) is 39.4. The molecule has 2 aliphatic rings. The van der Waals surface area contributed by atoms with Crippen LogP contribution in [0.4, 0.5) is 9.59 Å². The molecule has 2 aliphatic heterocycles. The number of aromatic nitrogens is 4. The number of methoxy groups -OCH3 is 2. The Hall–Kier alpha value is -5.18. The van der Waals surface area contributed by atoms with E-state index in [9.17, 15) is 19.2 Å². The highest BCUT2D eigenvalue weighted by Gasteiger charge is 2.39. The van der Waals surface area contributed by atoms with Crippen LogP contribution in [0, 0.1) is 11.8 Å². The standard InChI is InChI=1S/C40H49BrN8O6/c1-22(2)31(45-39(52)54-5)37(50)48-19-7-9-29(48)35-42-21-28(43-35)26-15-11-24(12-16-26)25-13-17-27(18-14-25)33-34(41)47-36(44-33)30-10-8-20-49(30)38(51)32(23(3)4)46-40(53)55-6/h11-18,21-23,29-32H,7-10,19-20H2,1-6H3,(H,42,43)(H,44,47)(H,45,52)(H,46,53)/t29-,30+,31-,32+/m1/s1. The Morgan fingerprint density at radius 3 is 1.64 bits per heavy atom. The smallest absolute Gasteiger partial charge is 0.407 e. The van der Waals surface area contributed by atoms with Gasteiger partial charge in [0.05, 0.1) is 38.2 Å². The number of carbonyl (C=O) groups excluding carboxylic acids is 4. The molecule has 55 heavy (non-hydrogen) atoms. The largest absolute Gasteiger partial charge is 0.453 e. The second-order valence-electron chi connectivity index (χ2n) is 14.7. The van der Waals surface area contributed by atoms with Crippen LogP contribution in [-0.4, -0.2) is 93.1 Å². The first kappa shape index (κ1) is 39.5. The van der Waals surface area contributed by atoms with Crippen LogP contribution in [0.3, 0.4) is 0 Å². The molecule has 2 saturated heterocycles. The van der Waals surface area contributed by atoms with E-state index in [1.807, 2.05) is 52.0 Å². The van der Waals surface area contributed by atoms with E-state index >= 15 is 0 Å². The minimum atomic E-state index is -0.702. The molecular weight excluding hydrogens is 768 g/mol. The summed E-state index contributed by atoms with van der Waals surface area (Å²) in [5.74, 6) is 0.890. The second-order valence-corrected chi connectivity index (χ2v) is 15.5. The average molecular weight is 818 g/mol. The molecule has 0 aliphatic carbocycles. The highest BCUT2D eigenvalue weighted by atomic mass is 79.9. The quantitative estimate of drug-likeness (QED) is 0.125. The summed E-state index contributed by atoms with van der Waals surface area (Å²) in [6, 6.07) is 14.5. The summed E-state index contributed by atoms with van der Waals surface area (Å²) in [6.07, 6.45) is 3.75. The predicted octanol–water partition coefficient (Wildman–Crippen LogP) is 6.98. The molecule has 0 unspecified atom stereocenters. The molecule has 2 aromatic heterocycles. The van der Waals surface area contributed by atoms with Gasteiger partial charge in [0.2, 0.25) is 11.8 Å². The summed E-state index contributed by atoms with van der Waals surface area (Å²) >= 11 is 3.66. The lowest BCUT2D eigenvalue weighted by molar-refractivity contribution is -0.136. The first-order chi connectivity index (χ1) is 26.4. The zero-order valence-electron chi connectivity index (χ0n) is 32.0. The molecule has 6 rings (SSSR count). The van der Waals surface area contributed by atoms with Gasteiger partial charge in [0.1, 0.15) is 34.0 Å². The van der Waals surface area contributed by atoms with Gasteiger partial charge in [0, 0.05) is 18.7 Å². The van der Waals surface area contributed by atoms with Gasteiger partial charge >= 0.3 is 12.2 Å². The Morgan fingerprint density at radius 2 is 1.16 bits per heavy atom. The Morgan fingerprint density at radius 1 is 0.709 bits per heavy atom. The van der Waals surface area contributed by atoms with E-state index in [1.165, 1.54) is 14.2 Å². The van der Waals surface area contributed by atoms with Crippen molar-refractivity contribution in [3.8, 4) is 33.6 Å². The van der Waals surface area contributed by atoms with Crippen LogP contribution < -0.4 is 10.6 Å². The molecule has 4 atom stereocenters. The number of nitrogens with one attached hydrogen (secondary N) is 4. The molecule has 0 radical (unpaired) electrons. The van der Waals surface area contributed by atoms with E-state index < -0.39 is 24.3 Å². The van der Waals surface area contributed by atoms with E-state index in [-0.39, 0.29) is 35.7 Å². The predicted molar refractivity (Wildman–Crippen MR) is 210 cm³/mol. The molecule has 4 amide bonds. The van der Waals surface area contributed by atoms with E-state index in [1.54, 1.807) is 16.0 Å². The van der Waals surface area contributed by atoms with Crippen LogP contribution in [0.1, 0.15) is 77.1 Å². The molecule has 4 heterocycles. The number of benzene rings is 2. The molecule has 14 nitrogen and oxygen atoms in total. The number of ether oxygens (including phenoxy) is 2. The fourth-order valence-corrected chi connectivity index (χ4v) is 7.94. The van der Waals surface area contributed by atoms with Crippen molar-refractivity contribution in [2.75, 3.05) is 27.3 Å². The van der Waals surface area contributed by atoms with Crippen LogP contribution in [0.2, 0.25) is 0 Å². The van der Waals surface area contributed by atoms with Crippen LogP contribution in [0.5, 0.6) is 0 Å². The first-order valence-electron chi connectivity index (χ1n) is 18.7. The third-order valence-corrected chi connectivity index (χ3v) is 11.0. The number of likely N-dealkylation sites (tertiary alicyclic amines) is 2. The fraction of sp³-hybridized carbons (Fsp3) is 0.450. The van der Waals surface area contributed by atoms with Crippen molar-refractivity contribution in [2.45, 2.75) is 77.5 Å². The van der Waals surface area contributed by atoms with Crippen molar-refractivity contribution in [3.05, 3.63) is 71.0 Å². The lowest BCUT2D eigenvalue weighted by atomic mass is 10.0. The van der Waals surface area contributed by atoms with Crippen molar-refractivity contribution >= 4 is 39.9 Å². The van der Waals surface area contributed by atoms with Crippen molar-refractivity contribution in [2.24, 2.45) is 11.8 Å². The average Bonchev–Trinajstić information content (AvgIpc) is 4.02. The van der Waals surface area contributed by atoms with Crippen molar-refractivity contribution in [1.29, 1.82) is 0 Å². The maximum Gasteiger partial charge on any atom is 0.407 e. The topological polar surface area (TPSA) is 175 Å². The van der Waals surface area contributed by atoms with E-state index in [4.69, 9.17) is 14.5 Å². The molecule has 0 bridgehead atoms. The molecule has 4 N–H and O–H groups in total. The van der Waals surface area contributed by atoms with E-state index in [0.29, 0.717) is 18.9 Å². The number of hydrogen-bond acceptors (Lipinski definition) is 8. The lowest BCUT2D eigenvalue weighted by Gasteiger charge is -2.30. The Bertz CT molecular complexity index is 1990. The van der Waals surface area contributed by atoms with Gasteiger partial charge in [0.25, 0.3) is 0 Å². The third kappa shape index (κ3) is 8.56. The van der Waals surface area contributed by atoms with Gasteiger partial charge in [0.15, 0.2) is 0 Å². The molecular formula is C40H49BrN8O6.